The highest BCUT2D eigenvalue weighted by molar-refractivity contribution is 5.85. The first-order valence-electron chi connectivity index (χ1n) is 11.6. The number of rotatable bonds is 4. The number of aromatic nitrogens is 2. The predicted molar refractivity (Wildman–Crippen MR) is 120 cm³/mol. The fraction of sp³-hybridized carbons (Fsp3) is 0.346. The first kappa shape index (κ1) is 24.1. The van der Waals surface area contributed by atoms with Crippen LogP contribution in [-0.2, 0) is 35.3 Å². The van der Waals surface area contributed by atoms with Crippen molar-refractivity contribution in [2.45, 2.75) is 49.7 Å². The van der Waals surface area contributed by atoms with Crippen LogP contribution in [0.15, 0.2) is 59.4 Å². The van der Waals surface area contributed by atoms with Crippen LogP contribution in [0, 0.1) is 0 Å². The summed E-state index contributed by atoms with van der Waals surface area (Å²) in [7, 11) is 0. The van der Waals surface area contributed by atoms with Crippen molar-refractivity contribution in [1.82, 2.24) is 14.9 Å². The van der Waals surface area contributed by atoms with Crippen molar-refractivity contribution < 1.29 is 26.7 Å². The standard InChI is InChI=1S/C26H22F5N3O2/c27-25(28,17-8-4-9-18(14-17)26(29,30)31)23(36)34-13-5-10-20-19(15-34)21(35)33-22(32-20)24(11-12-24)16-6-2-1-3-7-16/h1-4,6-9,14H,5,10-13,15H2,(H,32,33,35). The summed E-state index contributed by atoms with van der Waals surface area (Å²) in [6.45, 7) is -0.480. The molecule has 0 spiro atoms. The third kappa shape index (κ3) is 4.18. The highest BCUT2D eigenvalue weighted by Gasteiger charge is 2.49. The van der Waals surface area contributed by atoms with Crippen LogP contribution in [-0.4, -0.2) is 27.3 Å². The normalized spacial score (nSPS) is 17.3. The minimum atomic E-state index is -4.83. The topological polar surface area (TPSA) is 66.1 Å². The molecule has 2 aromatic carbocycles. The number of amides is 1. The van der Waals surface area contributed by atoms with Gasteiger partial charge in [-0.2, -0.15) is 22.0 Å². The van der Waals surface area contributed by atoms with Gasteiger partial charge in [-0.25, -0.2) is 4.98 Å². The lowest BCUT2D eigenvalue weighted by Crippen LogP contribution is -2.42. The minimum Gasteiger partial charge on any atom is -0.333 e. The smallest absolute Gasteiger partial charge is 0.333 e. The number of hydrogen-bond donors (Lipinski definition) is 1. The quantitative estimate of drug-likeness (QED) is 0.514. The second-order valence-electron chi connectivity index (χ2n) is 9.27. The predicted octanol–water partition coefficient (Wildman–Crippen LogP) is 4.94. The Balaban J connectivity index is 1.44. The molecule has 1 fully saturated rings. The Hall–Kier alpha value is -3.56. The first-order chi connectivity index (χ1) is 17.0. The third-order valence-electron chi connectivity index (χ3n) is 6.93. The number of carbonyl (C=O) groups excluding carboxylic acids is 1. The molecule has 2 aliphatic rings. The Labute approximate surface area is 203 Å². The molecule has 10 heteroatoms. The van der Waals surface area contributed by atoms with Crippen LogP contribution in [0.4, 0.5) is 22.0 Å². The van der Waals surface area contributed by atoms with Gasteiger partial charge in [-0.1, -0.05) is 42.5 Å². The second kappa shape index (κ2) is 8.53. The van der Waals surface area contributed by atoms with Gasteiger partial charge in [0.2, 0.25) is 0 Å². The van der Waals surface area contributed by atoms with Gasteiger partial charge in [0.15, 0.2) is 0 Å². The Morgan fingerprint density at radius 3 is 2.33 bits per heavy atom. The van der Waals surface area contributed by atoms with Crippen LogP contribution >= 0.6 is 0 Å². The molecule has 0 radical (unpaired) electrons. The number of carbonyl (C=O) groups is 1. The Morgan fingerprint density at radius 1 is 0.972 bits per heavy atom. The maximum atomic E-state index is 15.1. The van der Waals surface area contributed by atoms with Gasteiger partial charge in [-0.15, -0.1) is 0 Å². The van der Waals surface area contributed by atoms with E-state index in [1.807, 2.05) is 30.3 Å². The molecule has 0 atom stereocenters. The maximum Gasteiger partial charge on any atom is 0.416 e. The molecular formula is C26H22F5N3O2. The van der Waals surface area contributed by atoms with Crippen LogP contribution in [0.25, 0.3) is 0 Å². The summed E-state index contributed by atoms with van der Waals surface area (Å²) < 4.78 is 69.2. The number of aryl methyl sites for hydroxylation is 1. The Bertz CT molecular complexity index is 1360. The van der Waals surface area contributed by atoms with Crippen LogP contribution in [0.2, 0.25) is 0 Å². The molecule has 5 rings (SSSR count). The summed E-state index contributed by atoms with van der Waals surface area (Å²) in [6.07, 6.45) is -2.60. The third-order valence-corrected chi connectivity index (χ3v) is 6.93. The summed E-state index contributed by atoms with van der Waals surface area (Å²) in [6, 6.07) is 12.2. The lowest BCUT2D eigenvalue weighted by atomic mass is 9.94. The van der Waals surface area contributed by atoms with Crippen molar-refractivity contribution in [3.63, 3.8) is 0 Å². The van der Waals surface area contributed by atoms with E-state index in [0.717, 1.165) is 35.4 Å². The van der Waals surface area contributed by atoms with Gasteiger partial charge >= 0.3 is 12.1 Å². The molecule has 5 nitrogen and oxygen atoms in total. The van der Waals surface area contributed by atoms with Gasteiger partial charge in [0.1, 0.15) is 5.82 Å². The Morgan fingerprint density at radius 2 is 1.67 bits per heavy atom. The van der Waals surface area contributed by atoms with E-state index < -0.39 is 46.7 Å². The fourth-order valence-corrected chi connectivity index (χ4v) is 4.78. The van der Waals surface area contributed by atoms with Gasteiger partial charge in [0.25, 0.3) is 11.5 Å². The van der Waals surface area contributed by atoms with Crippen molar-refractivity contribution in [1.29, 1.82) is 0 Å². The number of aromatic amines is 1. The van der Waals surface area contributed by atoms with E-state index in [-0.39, 0.29) is 24.6 Å². The van der Waals surface area contributed by atoms with E-state index in [4.69, 9.17) is 4.98 Å². The number of halogens is 5. The molecule has 36 heavy (non-hydrogen) atoms. The molecule has 3 aromatic rings. The van der Waals surface area contributed by atoms with Crippen molar-refractivity contribution in [2.75, 3.05) is 6.54 Å². The van der Waals surface area contributed by atoms with Crippen LogP contribution < -0.4 is 5.56 Å². The summed E-state index contributed by atoms with van der Waals surface area (Å²) in [4.78, 5) is 34.2. The lowest BCUT2D eigenvalue weighted by Gasteiger charge is -2.26. The summed E-state index contributed by atoms with van der Waals surface area (Å²) in [5.74, 6) is -5.33. The second-order valence-corrected chi connectivity index (χ2v) is 9.27. The van der Waals surface area contributed by atoms with Gasteiger partial charge in [-0.3, -0.25) is 9.59 Å². The average Bonchev–Trinajstić information content (AvgIpc) is 3.68. The van der Waals surface area contributed by atoms with Gasteiger partial charge < -0.3 is 9.88 Å². The van der Waals surface area contributed by atoms with E-state index in [1.165, 1.54) is 0 Å². The first-order valence-corrected chi connectivity index (χ1v) is 11.6. The molecule has 1 amide bonds. The largest absolute Gasteiger partial charge is 0.416 e. The number of H-pyrrole nitrogens is 1. The number of alkyl halides is 5. The fourth-order valence-electron chi connectivity index (χ4n) is 4.78. The molecule has 1 aliphatic heterocycles. The van der Waals surface area contributed by atoms with Crippen LogP contribution in [0.5, 0.6) is 0 Å². The zero-order valence-electron chi connectivity index (χ0n) is 19.0. The van der Waals surface area contributed by atoms with E-state index in [9.17, 15) is 22.8 Å². The van der Waals surface area contributed by atoms with Crippen molar-refractivity contribution in [2.24, 2.45) is 0 Å². The van der Waals surface area contributed by atoms with Crippen molar-refractivity contribution in [3.05, 3.63) is 98.7 Å². The molecule has 1 aliphatic carbocycles. The van der Waals surface area contributed by atoms with Crippen molar-refractivity contribution >= 4 is 5.91 Å². The lowest BCUT2D eigenvalue weighted by molar-refractivity contribution is -0.160. The number of nitrogens with zero attached hydrogens (tertiary/aromatic N) is 2. The molecular weight excluding hydrogens is 481 g/mol. The number of benzene rings is 2. The zero-order chi connectivity index (χ0) is 25.7. The van der Waals surface area contributed by atoms with Gasteiger partial charge in [-0.05, 0) is 43.4 Å². The SMILES string of the molecule is O=C(N1CCCc2nc(C3(c4ccccc4)CC3)[nH]c(=O)c2C1)C(F)(F)c1cccc(C(F)(F)F)c1. The van der Waals surface area contributed by atoms with Crippen molar-refractivity contribution in [3.8, 4) is 0 Å². The summed E-state index contributed by atoms with van der Waals surface area (Å²) in [5.41, 5.74) is -1.61. The highest BCUT2D eigenvalue weighted by atomic mass is 19.4. The average molecular weight is 503 g/mol. The van der Waals surface area contributed by atoms with Crippen LogP contribution in [0.3, 0.4) is 0 Å². The number of nitrogens with one attached hydrogen (secondary N) is 1. The van der Waals surface area contributed by atoms with E-state index in [2.05, 4.69) is 4.98 Å². The number of hydrogen-bond acceptors (Lipinski definition) is 3. The molecule has 1 aromatic heterocycles. The summed E-state index contributed by atoms with van der Waals surface area (Å²) >= 11 is 0. The van der Waals surface area contributed by atoms with Gasteiger partial charge in [0.05, 0.1) is 28.8 Å². The zero-order valence-corrected chi connectivity index (χ0v) is 19.0. The minimum absolute atomic E-state index is 0.0810. The Kier molecular flexibility index (Phi) is 5.72. The monoisotopic (exact) mass is 503 g/mol. The molecule has 0 saturated heterocycles. The molecule has 2 heterocycles. The highest BCUT2D eigenvalue weighted by Crippen LogP contribution is 2.52. The molecule has 1 saturated carbocycles. The number of fused-ring (bicyclic) bond motifs is 1. The van der Waals surface area contributed by atoms with Gasteiger partial charge in [0, 0.05) is 12.1 Å². The van der Waals surface area contributed by atoms with Crippen LogP contribution in [0.1, 0.15) is 53.0 Å². The maximum absolute atomic E-state index is 15.1. The van der Waals surface area contributed by atoms with E-state index in [1.54, 1.807) is 0 Å². The molecule has 188 valence electrons. The summed E-state index contributed by atoms with van der Waals surface area (Å²) in [5, 5.41) is 0. The molecule has 1 N–H and O–H groups in total. The molecule has 0 unspecified atom stereocenters. The van der Waals surface area contributed by atoms with E-state index in [0.29, 0.717) is 24.0 Å². The van der Waals surface area contributed by atoms with E-state index >= 15 is 8.78 Å². The molecule has 0 bridgehead atoms.